The van der Waals surface area contributed by atoms with Crippen LogP contribution in [0, 0.1) is 17.3 Å². The number of hydrogen-bond donors (Lipinski definition) is 1. The number of carbonyl (C=O) groups excluding carboxylic acids is 2. The van der Waals surface area contributed by atoms with E-state index in [4.69, 9.17) is 0 Å². The van der Waals surface area contributed by atoms with Gasteiger partial charge in [0.2, 0.25) is 11.8 Å². The SMILES string of the molecule is O=C(CC1CCCC1)NCC12CCCC=C1N(CC1CC1)C(=O)CC2. The second-order valence-corrected chi connectivity index (χ2v) is 8.84. The summed E-state index contributed by atoms with van der Waals surface area (Å²) in [6.07, 6.45) is 15.4. The molecule has 0 bridgehead atoms. The predicted molar refractivity (Wildman–Crippen MR) is 97.6 cm³/mol. The number of rotatable bonds is 6. The number of allylic oxidation sites excluding steroid dienone is 1. The van der Waals surface area contributed by atoms with E-state index in [1.807, 2.05) is 0 Å². The molecule has 3 aliphatic carbocycles. The quantitative estimate of drug-likeness (QED) is 0.797. The molecule has 1 aliphatic heterocycles. The van der Waals surface area contributed by atoms with Crippen LogP contribution in [-0.2, 0) is 9.59 Å². The van der Waals surface area contributed by atoms with Crippen LogP contribution in [0.5, 0.6) is 0 Å². The van der Waals surface area contributed by atoms with Gasteiger partial charge in [0, 0.05) is 37.0 Å². The third kappa shape index (κ3) is 3.78. The number of hydrogen-bond acceptors (Lipinski definition) is 2. The molecule has 0 radical (unpaired) electrons. The zero-order valence-corrected chi connectivity index (χ0v) is 15.4. The molecule has 1 atom stereocenters. The van der Waals surface area contributed by atoms with E-state index in [0.717, 1.165) is 32.4 Å². The first-order valence-electron chi connectivity index (χ1n) is 10.4. The van der Waals surface area contributed by atoms with Crippen molar-refractivity contribution in [2.45, 2.75) is 77.0 Å². The van der Waals surface area contributed by atoms with Crippen LogP contribution in [0.1, 0.15) is 77.0 Å². The minimum Gasteiger partial charge on any atom is -0.355 e. The standard InChI is InChI=1S/C21H32N2O2/c24-19(13-16-5-1-2-6-16)22-15-21-11-4-3-7-18(21)23(14-17-8-9-17)20(25)10-12-21/h7,16-17H,1-6,8-15H2,(H,22,24). The van der Waals surface area contributed by atoms with Crippen molar-refractivity contribution in [1.82, 2.24) is 10.2 Å². The van der Waals surface area contributed by atoms with Crippen LogP contribution in [0.3, 0.4) is 0 Å². The number of nitrogens with zero attached hydrogens (tertiary/aromatic N) is 1. The monoisotopic (exact) mass is 344 g/mol. The Morgan fingerprint density at radius 1 is 1.12 bits per heavy atom. The minimum absolute atomic E-state index is 0.00634. The summed E-state index contributed by atoms with van der Waals surface area (Å²) in [5.41, 5.74) is 1.25. The summed E-state index contributed by atoms with van der Waals surface area (Å²) in [7, 11) is 0. The molecule has 0 aromatic carbocycles. The van der Waals surface area contributed by atoms with Crippen molar-refractivity contribution in [3.05, 3.63) is 11.8 Å². The highest BCUT2D eigenvalue weighted by molar-refractivity contribution is 5.80. The van der Waals surface area contributed by atoms with Gasteiger partial charge in [-0.2, -0.15) is 0 Å². The molecule has 25 heavy (non-hydrogen) atoms. The molecule has 138 valence electrons. The summed E-state index contributed by atoms with van der Waals surface area (Å²) >= 11 is 0. The van der Waals surface area contributed by atoms with E-state index in [1.165, 1.54) is 50.6 Å². The van der Waals surface area contributed by atoms with Crippen molar-refractivity contribution < 1.29 is 9.59 Å². The van der Waals surface area contributed by atoms with Gasteiger partial charge in [0.25, 0.3) is 0 Å². The van der Waals surface area contributed by atoms with Gasteiger partial charge >= 0.3 is 0 Å². The molecule has 1 unspecified atom stereocenters. The number of amides is 2. The fourth-order valence-electron chi connectivity index (χ4n) is 5.13. The molecule has 1 N–H and O–H groups in total. The summed E-state index contributed by atoms with van der Waals surface area (Å²) in [6, 6.07) is 0. The zero-order chi connectivity index (χ0) is 17.3. The van der Waals surface area contributed by atoms with Crippen LogP contribution in [0.2, 0.25) is 0 Å². The van der Waals surface area contributed by atoms with Crippen molar-refractivity contribution in [2.75, 3.05) is 13.1 Å². The van der Waals surface area contributed by atoms with E-state index in [0.29, 0.717) is 30.6 Å². The van der Waals surface area contributed by atoms with Gasteiger partial charge < -0.3 is 10.2 Å². The first-order valence-corrected chi connectivity index (χ1v) is 10.4. The van der Waals surface area contributed by atoms with Crippen LogP contribution in [-0.4, -0.2) is 29.8 Å². The molecular weight excluding hydrogens is 312 g/mol. The van der Waals surface area contributed by atoms with Crippen LogP contribution in [0.25, 0.3) is 0 Å². The fraction of sp³-hybridized carbons (Fsp3) is 0.810. The Kier molecular flexibility index (Phi) is 4.88. The third-order valence-corrected chi connectivity index (χ3v) is 6.86. The summed E-state index contributed by atoms with van der Waals surface area (Å²) in [5.74, 6) is 1.82. The maximum Gasteiger partial charge on any atom is 0.226 e. The molecule has 3 fully saturated rings. The Morgan fingerprint density at radius 3 is 2.68 bits per heavy atom. The zero-order valence-electron chi connectivity index (χ0n) is 15.4. The number of piperidine rings is 1. The van der Waals surface area contributed by atoms with Gasteiger partial charge in [-0.25, -0.2) is 0 Å². The molecule has 0 aromatic rings. The molecule has 4 rings (SSSR count). The van der Waals surface area contributed by atoms with Gasteiger partial charge in [-0.15, -0.1) is 0 Å². The topological polar surface area (TPSA) is 49.4 Å². The van der Waals surface area contributed by atoms with Gasteiger partial charge in [-0.05, 0) is 63.2 Å². The molecule has 1 saturated heterocycles. The number of fused-ring (bicyclic) bond motifs is 1. The lowest BCUT2D eigenvalue weighted by atomic mass is 9.69. The van der Waals surface area contributed by atoms with E-state index in [-0.39, 0.29) is 11.3 Å². The smallest absolute Gasteiger partial charge is 0.226 e. The normalized spacial score (nSPS) is 30.2. The number of nitrogens with one attached hydrogen (secondary N) is 1. The molecule has 4 heteroatoms. The highest BCUT2D eigenvalue weighted by Gasteiger charge is 2.45. The molecule has 0 aromatic heterocycles. The van der Waals surface area contributed by atoms with Crippen LogP contribution in [0.4, 0.5) is 0 Å². The molecule has 4 aliphatic rings. The fourth-order valence-corrected chi connectivity index (χ4v) is 5.13. The molecule has 4 nitrogen and oxygen atoms in total. The summed E-state index contributed by atoms with van der Waals surface area (Å²) < 4.78 is 0. The number of carbonyl (C=O) groups is 2. The lowest BCUT2D eigenvalue weighted by molar-refractivity contribution is -0.134. The van der Waals surface area contributed by atoms with E-state index in [9.17, 15) is 9.59 Å². The molecule has 1 heterocycles. The molecular formula is C21H32N2O2. The van der Waals surface area contributed by atoms with E-state index >= 15 is 0 Å². The van der Waals surface area contributed by atoms with Crippen molar-refractivity contribution in [3.8, 4) is 0 Å². The summed E-state index contributed by atoms with van der Waals surface area (Å²) in [5, 5.41) is 3.26. The maximum absolute atomic E-state index is 12.5. The lowest BCUT2D eigenvalue weighted by Gasteiger charge is -2.47. The Morgan fingerprint density at radius 2 is 1.92 bits per heavy atom. The Labute approximate surface area is 151 Å². The van der Waals surface area contributed by atoms with Crippen molar-refractivity contribution in [1.29, 1.82) is 0 Å². The van der Waals surface area contributed by atoms with Gasteiger partial charge in [-0.3, -0.25) is 9.59 Å². The Bertz CT molecular complexity index is 560. The second kappa shape index (κ2) is 7.13. The summed E-state index contributed by atoms with van der Waals surface area (Å²) in [4.78, 5) is 27.0. The van der Waals surface area contributed by atoms with Crippen molar-refractivity contribution in [2.24, 2.45) is 17.3 Å². The first-order chi connectivity index (χ1) is 12.2. The van der Waals surface area contributed by atoms with Crippen molar-refractivity contribution >= 4 is 11.8 Å². The Balaban J connectivity index is 1.42. The second-order valence-electron chi connectivity index (χ2n) is 8.84. The number of likely N-dealkylation sites (tertiary alicyclic amines) is 1. The molecule has 2 amide bonds. The van der Waals surface area contributed by atoms with Gasteiger partial charge in [0.15, 0.2) is 0 Å². The molecule has 0 spiro atoms. The van der Waals surface area contributed by atoms with E-state index in [1.54, 1.807) is 0 Å². The highest BCUT2D eigenvalue weighted by atomic mass is 16.2. The van der Waals surface area contributed by atoms with Gasteiger partial charge in [0.1, 0.15) is 0 Å². The van der Waals surface area contributed by atoms with Crippen LogP contribution in [0.15, 0.2) is 11.8 Å². The largest absolute Gasteiger partial charge is 0.355 e. The maximum atomic E-state index is 12.5. The average Bonchev–Trinajstić information content (AvgIpc) is 3.30. The van der Waals surface area contributed by atoms with Gasteiger partial charge in [-0.1, -0.05) is 18.9 Å². The van der Waals surface area contributed by atoms with E-state index in [2.05, 4.69) is 16.3 Å². The Hall–Kier alpha value is -1.32. The minimum atomic E-state index is 0.00634. The average molecular weight is 344 g/mol. The van der Waals surface area contributed by atoms with Crippen LogP contribution >= 0.6 is 0 Å². The van der Waals surface area contributed by atoms with E-state index < -0.39 is 0 Å². The molecule has 2 saturated carbocycles. The third-order valence-electron chi connectivity index (χ3n) is 6.86. The summed E-state index contributed by atoms with van der Waals surface area (Å²) in [6.45, 7) is 1.63. The highest BCUT2D eigenvalue weighted by Crippen LogP contribution is 2.47. The predicted octanol–water partition coefficient (Wildman–Crippen LogP) is 3.77. The van der Waals surface area contributed by atoms with Crippen LogP contribution < -0.4 is 5.32 Å². The lowest BCUT2D eigenvalue weighted by Crippen LogP contribution is -2.51. The van der Waals surface area contributed by atoms with Gasteiger partial charge in [0.05, 0.1) is 0 Å². The first kappa shape index (κ1) is 17.1. The van der Waals surface area contributed by atoms with Crippen molar-refractivity contribution in [3.63, 3.8) is 0 Å².